The topological polar surface area (TPSA) is 85.9 Å². The van der Waals surface area contributed by atoms with Crippen LogP contribution in [0.5, 0.6) is 0 Å². The minimum Gasteiger partial charge on any atom is -0.264 e. The molecule has 0 aliphatic heterocycles. The Bertz CT molecular complexity index is 670. The molecular formula is C13H15N3O2S. The van der Waals surface area contributed by atoms with Crippen LogP contribution in [0.15, 0.2) is 41.7 Å². The molecule has 2 aromatic rings. The number of pyridine rings is 2. The van der Waals surface area contributed by atoms with Gasteiger partial charge in [-0.3, -0.25) is 9.97 Å². The number of rotatable bonds is 4. The molecule has 2 aromatic heterocycles. The zero-order valence-corrected chi connectivity index (χ0v) is 11.4. The summed E-state index contributed by atoms with van der Waals surface area (Å²) in [5.74, 6) is 0. The van der Waals surface area contributed by atoms with Crippen molar-refractivity contribution in [2.45, 2.75) is 24.7 Å². The third-order valence-corrected chi connectivity index (χ3v) is 3.60. The molecule has 2 rings (SSSR count). The van der Waals surface area contributed by atoms with Crippen LogP contribution < -0.4 is 5.14 Å². The molecule has 5 nitrogen and oxygen atoms in total. The average molecular weight is 277 g/mol. The van der Waals surface area contributed by atoms with Gasteiger partial charge in [-0.2, -0.15) is 0 Å². The van der Waals surface area contributed by atoms with E-state index in [1.165, 1.54) is 6.20 Å². The van der Waals surface area contributed by atoms with Crippen LogP contribution in [0.4, 0.5) is 0 Å². The number of sulfonamides is 1. The fourth-order valence-electron chi connectivity index (χ4n) is 1.87. The molecule has 0 unspecified atom stereocenters. The maximum atomic E-state index is 11.4. The van der Waals surface area contributed by atoms with Gasteiger partial charge in [0.15, 0.2) is 0 Å². The van der Waals surface area contributed by atoms with Crippen LogP contribution in [-0.2, 0) is 16.4 Å². The van der Waals surface area contributed by atoms with E-state index in [0.29, 0.717) is 0 Å². The minimum atomic E-state index is -3.72. The van der Waals surface area contributed by atoms with Crippen molar-refractivity contribution < 1.29 is 8.42 Å². The predicted octanol–water partition coefficient (Wildman–Crippen LogP) is 1.74. The molecule has 0 spiro atoms. The standard InChI is InChI=1S/C13H15N3O2S/c1-2-4-10-7-12(19(14,17)18)9-16-13(10)11-5-3-6-15-8-11/h3,5-9H,2,4H2,1H3,(H2,14,17,18). The molecule has 0 amide bonds. The fourth-order valence-corrected chi connectivity index (χ4v) is 2.37. The van der Waals surface area contributed by atoms with E-state index < -0.39 is 10.0 Å². The SMILES string of the molecule is CCCc1cc(S(N)(=O)=O)cnc1-c1cccnc1. The summed E-state index contributed by atoms with van der Waals surface area (Å²) in [6.07, 6.45) is 6.31. The van der Waals surface area contributed by atoms with Crippen molar-refractivity contribution in [3.05, 3.63) is 42.4 Å². The smallest absolute Gasteiger partial charge is 0.239 e. The third kappa shape index (κ3) is 3.15. The van der Waals surface area contributed by atoms with Gasteiger partial charge in [0.1, 0.15) is 4.90 Å². The van der Waals surface area contributed by atoms with Crippen molar-refractivity contribution in [3.8, 4) is 11.3 Å². The van der Waals surface area contributed by atoms with Gasteiger partial charge in [-0.25, -0.2) is 13.6 Å². The normalized spacial score (nSPS) is 11.5. The molecule has 0 saturated heterocycles. The lowest BCUT2D eigenvalue weighted by atomic mass is 10.0. The van der Waals surface area contributed by atoms with E-state index in [1.807, 2.05) is 19.1 Å². The van der Waals surface area contributed by atoms with Gasteiger partial charge in [-0.15, -0.1) is 0 Å². The van der Waals surface area contributed by atoms with Crippen LogP contribution in [0.2, 0.25) is 0 Å². The number of primary sulfonamides is 1. The van der Waals surface area contributed by atoms with Crippen LogP contribution in [0.3, 0.4) is 0 Å². The Kier molecular flexibility index (Phi) is 3.92. The minimum absolute atomic E-state index is 0.0450. The second kappa shape index (κ2) is 5.46. The average Bonchev–Trinajstić information content (AvgIpc) is 2.39. The number of aromatic nitrogens is 2. The maximum absolute atomic E-state index is 11.4. The van der Waals surface area contributed by atoms with E-state index in [9.17, 15) is 8.42 Å². The Balaban J connectivity index is 2.56. The fraction of sp³-hybridized carbons (Fsp3) is 0.231. The Hall–Kier alpha value is -1.79. The van der Waals surface area contributed by atoms with E-state index in [-0.39, 0.29) is 4.90 Å². The van der Waals surface area contributed by atoms with Gasteiger partial charge >= 0.3 is 0 Å². The summed E-state index contributed by atoms with van der Waals surface area (Å²) in [5, 5.41) is 5.13. The lowest BCUT2D eigenvalue weighted by Gasteiger charge is -2.09. The molecule has 0 atom stereocenters. The van der Waals surface area contributed by atoms with Crippen molar-refractivity contribution in [2.24, 2.45) is 5.14 Å². The Morgan fingerprint density at radius 1 is 1.32 bits per heavy atom. The van der Waals surface area contributed by atoms with Crippen molar-refractivity contribution in [3.63, 3.8) is 0 Å². The molecule has 2 N–H and O–H groups in total. The van der Waals surface area contributed by atoms with Crippen molar-refractivity contribution in [2.75, 3.05) is 0 Å². The number of aryl methyl sites for hydroxylation is 1. The molecule has 0 aromatic carbocycles. The summed E-state index contributed by atoms with van der Waals surface area (Å²) < 4.78 is 22.7. The van der Waals surface area contributed by atoms with Crippen molar-refractivity contribution in [1.82, 2.24) is 9.97 Å². The van der Waals surface area contributed by atoms with E-state index in [0.717, 1.165) is 29.7 Å². The summed E-state index contributed by atoms with van der Waals surface area (Å²) in [6.45, 7) is 2.02. The third-order valence-electron chi connectivity index (χ3n) is 2.72. The van der Waals surface area contributed by atoms with Gasteiger partial charge in [0.2, 0.25) is 10.0 Å². The van der Waals surface area contributed by atoms with Gasteiger partial charge in [0.05, 0.1) is 5.69 Å². The van der Waals surface area contributed by atoms with Crippen LogP contribution in [0.25, 0.3) is 11.3 Å². The van der Waals surface area contributed by atoms with Crippen LogP contribution in [0.1, 0.15) is 18.9 Å². The van der Waals surface area contributed by atoms with Gasteiger partial charge in [0.25, 0.3) is 0 Å². The first kappa shape index (κ1) is 13.6. The largest absolute Gasteiger partial charge is 0.264 e. The van der Waals surface area contributed by atoms with E-state index >= 15 is 0 Å². The van der Waals surface area contributed by atoms with E-state index in [2.05, 4.69) is 9.97 Å². The number of nitrogens with zero attached hydrogens (tertiary/aromatic N) is 2. The molecule has 0 aliphatic rings. The van der Waals surface area contributed by atoms with Gasteiger partial charge in [-0.1, -0.05) is 13.3 Å². The highest BCUT2D eigenvalue weighted by Gasteiger charge is 2.13. The molecular weight excluding hydrogens is 262 g/mol. The molecule has 0 bridgehead atoms. The van der Waals surface area contributed by atoms with Crippen molar-refractivity contribution in [1.29, 1.82) is 0 Å². The summed E-state index contributed by atoms with van der Waals surface area (Å²) >= 11 is 0. The highest BCUT2D eigenvalue weighted by molar-refractivity contribution is 7.89. The molecule has 2 heterocycles. The predicted molar refractivity (Wildman–Crippen MR) is 72.8 cm³/mol. The molecule has 0 radical (unpaired) electrons. The molecule has 0 saturated carbocycles. The second-order valence-corrected chi connectivity index (χ2v) is 5.78. The van der Waals surface area contributed by atoms with Gasteiger partial charge in [0, 0.05) is 24.2 Å². The Morgan fingerprint density at radius 2 is 2.11 bits per heavy atom. The summed E-state index contributed by atoms with van der Waals surface area (Å²) in [6, 6.07) is 5.31. The summed E-state index contributed by atoms with van der Waals surface area (Å²) in [4.78, 5) is 8.33. The van der Waals surface area contributed by atoms with Crippen LogP contribution >= 0.6 is 0 Å². The van der Waals surface area contributed by atoms with Crippen LogP contribution in [0, 0.1) is 0 Å². The highest BCUT2D eigenvalue weighted by atomic mass is 32.2. The molecule has 100 valence electrons. The summed E-state index contributed by atoms with van der Waals surface area (Å²) in [7, 11) is -3.72. The summed E-state index contributed by atoms with van der Waals surface area (Å²) in [5.41, 5.74) is 2.48. The Morgan fingerprint density at radius 3 is 2.68 bits per heavy atom. The zero-order valence-electron chi connectivity index (χ0n) is 10.6. The first-order valence-electron chi connectivity index (χ1n) is 5.94. The number of nitrogens with two attached hydrogens (primary N) is 1. The first-order valence-corrected chi connectivity index (χ1v) is 7.49. The highest BCUT2D eigenvalue weighted by Crippen LogP contribution is 2.23. The quantitative estimate of drug-likeness (QED) is 0.922. The van der Waals surface area contributed by atoms with Crippen molar-refractivity contribution >= 4 is 10.0 Å². The van der Waals surface area contributed by atoms with Gasteiger partial charge in [-0.05, 0) is 30.2 Å². The molecule has 0 aliphatic carbocycles. The lowest BCUT2D eigenvalue weighted by Crippen LogP contribution is -2.13. The molecule has 19 heavy (non-hydrogen) atoms. The number of hydrogen-bond acceptors (Lipinski definition) is 4. The molecule has 0 fully saturated rings. The second-order valence-electron chi connectivity index (χ2n) is 4.22. The monoisotopic (exact) mass is 277 g/mol. The zero-order chi connectivity index (χ0) is 13.9. The first-order chi connectivity index (χ1) is 9.02. The van der Waals surface area contributed by atoms with E-state index in [4.69, 9.17) is 5.14 Å². The maximum Gasteiger partial charge on any atom is 0.239 e. The Labute approximate surface area is 112 Å². The number of hydrogen-bond donors (Lipinski definition) is 1. The van der Waals surface area contributed by atoms with E-state index in [1.54, 1.807) is 18.5 Å². The molecule has 6 heteroatoms. The van der Waals surface area contributed by atoms with Crippen LogP contribution in [-0.4, -0.2) is 18.4 Å². The lowest BCUT2D eigenvalue weighted by molar-refractivity contribution is 0.597. The van der Waals surface area contributed by atoms with Gasteiger partial charge < -0.3 is 0 Å².